The summed E-state index contributed by atoms with van der Waals surface area (Å²) in [5.74, 6) is 5.02. The molecule has 6 rings (SSSR count). The number of ether oxygens (including phenoxy) is 1. The largest absolute Gasteiger partial charge is 0.489 e. The lowest BCUT2D eigenvalue weighted by molar-refractivity contribution is 0.0279. The topological polar surface area (TPSA) is 52.8 Å². The van der Waals surface area contributed by atoms with Crippen LogP contribution in [0, 0.1) is 23.2 Å². The van der Waals surface area contributed by atoms with E-state index < -0.39 is 0 Å². The van der Waals surface area contributed by atoms with Crippen LogP contribution >= 0.6 is 0 Å². The molecule has 2 aromatic carbocycles. The van der Waals surface area contributed by atoms with Crippen LogP contribution in [0.3, 0.4) is 0 Å². The highest BCUT2D eigenvalue weighted by Gasteiger charge is 2.54. The number of tetrazole rings is 1. The summed E-state index contributed by atoms with van der Waals surface area (Å²) < 4.78 is 6.36. The molecule has 0 amide bonds. The van der Waals surface area contributed by atoms with E-state index >= 15 is 0 Å². The normalized spacial score (nSPS) is 29.3. The van der Waals surface area contributed by atoms with Crippen LogP contribution in [-0.4, -0.2) is 20.2 Å². The number of rotatable bonds is 6. The van der Waals surface area contributed by atoms with E-state index in [4.69, 9.17) is 4.74 Å². The van der Waals surface area contributed by atoms with Gasteiger partial charge in [-0.05, 0) is 108 Å². The summed E-state index contributed by atoms with van der Waals surface area (Å²) in [7, 11) is 1.86. The molecule has 0 aliphatic heterocycles. The maximum absolute atomic E-state index is 6.36. The van der Waals surface area contributed by atoms with Crippen molar-refractivity contribution in [2.75, 3.05) is 0 Å². The summed E-state index contributed by atoms with van der Waals surface area (Å²) in [5.41, 5.74) is 6.17. The molecule has 3 unspecified atom stereocenters. The highest BCUT2D eigenvalue weighted by atomic mass is 16.5. The molecule has 0 bridgehead atoms. The maximum atomic E-state index is 6.36. The van der Waals surface area contributed by atoms with Crippen molar-refractivity contribution in [3.63, 3.8) is 0 Å². The molecule has 3 aliphatic rings. The zero-order valence-electron chi connectivity index (χ0n) is 21.4. The standard InChI is InChI=1S/C30H38N4O/c1-4-21-16-26-22(17-28(21)35-19-20-8-6-5-7-9-20)10-12-25-24(26)14-15-30(2)23(11-13-27(25)30)18-29-31-33-34(3)32-29/h5-9,16-17,23-25,27H,4,10-15,18-19H2,1-3H3/t23-,24?,25?,27?,30-/m1/s1. The third-order valence-electron chi connectivity index (χ3n) is 9.70. The number of hydrogen-bond donors (Lipinski definition) is 0. The first-order chi connectivity index (χ1) is 17.0. The lowest BCUT2D eigenvalue weighted by Gasteiger charge is -2.51. The first-order valence-corrected chi connectivity index (χ1v) is 13.6. The summed E-state index contributed by atoms with van der Waals surface area (Å²) in [5, 5.41) is 12.9. The molecule has 5 nitrogen and oxygen atoms in total. The molecule has 5 atom stereocenters. The van der Waals surface area contributed by atoms with Gasteiger partial charge in [0, 0.05) is 6.42 Å². The number of nitrogens with zero attached hydrogens (tertiary/aromatic N) is 4. The van der Waals surface area contributed by atoms with Gasteiger partial charge in [-0.1, -0.05) is 50.2 Å². The minimum atomic E-state index is 0.407. The third kappa shape index (κ3) is 4.07. The SMILES string of the molecule is CCc1cc2c(cc1OCc1ccccc1)CCC1C2CC[C@@]2(C)C1CC[C@@H]2Cc1nnn(C)n1. The lowest BCUT2D eigenvalue weighted by atomic mass is 9.54. The van der Waals surface area contributed by atoms with Gasteiger partial charge in [0.05, 0.1) is 7.05 Å². The molecule has 35 heavy (non-hydrogen) atoms. The minimum Gasteiger partial charge on any atom is -0.489 e. The molecule has 0 N–H and O–H groups in total. The Bertz CT molecular complexity index is 1190. The van der Waals surface area contributed by atoms with Gasteiger partial charge in [-0.3, -0.25) is 0 Å². The Morgan fingerprint density at radius 3 is 2.71 bits per heavy atom. The van der Waals surface area contributed by atoms with Crippen LogP contribution in [0.2, 0.25) is 0 Å². The fourth-order valence-corrected chi connectivity index (χ4v) is 7.86. The Labute approximate surface area is 209 Å². The fraction of sp³-hybridized carbons (Fsp3) is 0.567. The van der Waals surface area contributed by atoms with Crippen LogP contribution < -0.4 is 4.74 Å². The van der Waals surface area contributed by atoms with Crippen molar-refractivity contribution in [3.8, 4) is 5.75 Å². The predicted molar refractivity (Wildman–Crippen MR) is 137 cm³/mol. The minimum absolute atomic E-state index is 0.407. The Morgan fingerprint density at radius 1 is 1.09 bits per heavy atom. The lowest BCUT2D eigenvalue weighted by Crippen LogP contribution is -2.42. The van der Waals surface area contributed by atoms with Crippen LogP contribution in [0.25, 0.3) is 0 Å². The molecule has 1 heterocycles. The molecule has 1 aromatic heterocycles. The van der Waals surface area contributed by atoms with Gasteiger partial charge in [-0.15, -0.1) is 10.2 Å². The second-order valence-electron chi connectivity index (χ2n) is 11.4. The van der Waals surface area contributed by atoms with Crippen LogP contribution in [0.1, 0.15) is 79.9 Å². The third-order valence-corrected chi connectivity index (χ3v) is 9.70. The first-order valence-electron chi connectivity index (χ1n) is 13.6. The van der Waals surface area contributed by atoms with Crippen molar-refractivity contribution >= 4 is 0 Å². The number of hydrogen-bond acceptors (Lipinski definition) is 4. The summed E-state index contributed by atoms with van der Waals surface area (Å²) in [4.78, 5) is 1.60. The highest BCUT2D eigenvalue weighted by Crippen LogP contribution is 2.63. The van der Waals surface area contributed by atoms with Gasteiger partial charge >= 0.3 is 0 Å². The van der Waals surface area contributed by atoms with Crippen molar-refractivity contribution in [1.82, 2.24) is 20.2 Å². The van der Waals surface area contributed by atoms with E-state index in [0.717, 1.165) is 36.3 Å². The van der Waals surface area contributed by atoms with Crippen molar-refractivity contribution in [1.29, 1.82) is 0 Å². The molecule has 0 saturated heterocycles. The quantitative estimate of drug-likeness (QED) is 0.439. The van der Waals surface area contributed by atoms with E-state index in [1.807, 2.05) is 7.05 Å². The number of aromatic nitrogens is 4. The van der Waals surface area contributed by atoms with E-state index in [1.165, 1.54) is 55.2 Å². The molecule has 3 aromatic rings. The van der Waals surface area contributed by atoms with Crippen molar-refractivity contribution < 1.29 is 4.74 Å². The predicted octanol–water partition coefficient (Wildman–Crippen LogP) is 6.07. The molecule has 0 radical (unpaired) electrons. The van der Waals surface area contributed by atoms with E-state index in [9.17, 15) is 0 Å². The molecule has 2 saturated carbocycles. The van der Waals surface area contributed by atoms with Crippen LogP contribution in [0.5, 0.6) is 5.75 Å². The van der Waals surface area contributed by atoms with Crippen LogP contribution in [0.4, 0.5) is 0 Å². The number of benzene rings is 2. The maximum Gasteiger partial charge on any atom is 0.175 e. The van der Waals surface area contributed by atoms with Gasteiger partial charge in [-0.25, -0.2) is 0 Å². The summed E-state index contributed by atoms with van der Waals surface area (Å²) in [6.45, 7) is 5.48. The molecule has 3 aliphatic carbocycles. The Morgan fingerprint density at radius 2 is 1.94 bits per heavy atom. The monoisotopic (exact) mass is 470 g/mol. The number of aryl methyl sites for hydroxylation is 3. The summed E-state index contributed by atoms with van der Waals surface area (Å²) in [6.07, 6.45) is 9.79. The van der Waals surface area contributed by atoms with Crippen molar-refractivity contribution in [2.45, 2.75) is 77.7 Å². The molecular weight excluding hydrogens is 432 g/mol. The Hall–Kier alpha value is -2.69. The Balaban J connectivity index is 1.22. The first kappa shape index (κ1) is 22.8. The molecule has 2 fully saturated rings. The van der Waals surface area contributed by atoms with Gasteiger partial charge in [0.2, 0.25) is 0 Å². The Kier molecular flexibility index (Phi) is 5.90. The molecule has 5 heteroatoms. The van der Waals surface area contributed by atoms with Gasteiger partial charge in [0.1, 0.15) is 12.4 Å². The van der Waals surface area contributed by atoms with Crippen LogP contribution in [0.15, 0.2) is 42.5 Å². The second kappa shape index (κ2) is 9.07. The van der Waals surface area contributed by atoms with Gasteiger partial charge < -0.3 is 4.74 Å². The van der Waals surface area contributed by atoms with Crippen molar-refractivity contribution in [2.24, 2.45) is 30.2 Å². The van der Waals surface area contributed by atoms with Gasteiger partial charge in [0.15, 0.2) is 5.82 Å². The average Bonchev–Trinajstić information content (AvgIpc) is 3.45. The molecule has 184 valence electrons. The highest BCUT2D eigenvalue weighted by molar-refractivity contribution is 5.46. The summed E-state index contributed by atoms with van der Waals surface area (Å²) in [6, 6.07) is 15.4. The fourth-order valence-electron chi connectivity index (χ4n) is 7.86. The van der Waals surface area contributed by atoms with E-state index in [0.29, 0.717) is 23.9 Å². The zero-order valence-corrected chi connectivity index (χ0v) is 21.4. The molecule has 0 spiro atoms. The van der Waals surface area contributed by atoms with Gasteiger partial charge in [-0.2, -0.15) is 4.80 Å². The average molecular weight is 471 g/mol. The van der Waals surface area contributed by atoms with Crippen molar-refractivity contribution in [3.05, 3.63) is 70.5 Å². The van der Waals surface area contributed by atoms with E-state index in [2.05, 4.69) is 71.7 Å². The smallest absolute Gasteiger partial charge is 0.175 e. The van der Waals surface area contributed by atoms with Crippen LogP contribution in [-0.2, 0) is 32.9 Å². The summed E-state index contributed by atoms with van der Waals surface area (Å²) >= 11 is 0. The zero-order chi connectivity index (χ0) is 24.0. The van der Waals surface area contributed by atoms with Gasteiger partial charge in [0.25, 0.3) is 0 Å². The van der Waals surface area contributed by atoms with E-state index in [1.54, 1.807) is 10.4 Å². The number of fused-ring (bicyclic) bond motifs is 5. The molecular formula is C30H38N4O. The second-order valence-corrected chi connectivity index (χ2v) is 11.4. The van der Waals surface area contributed by atoms with E-state index in [-0.39, 0.29) is 0 Å².